The van der Waals surface area contributed by atoms with Gasteiger partial charge in [0.15, 0.2) is 0 Å². The summed E-state index contributed by atoms with van der Waals surface area (Å²) in [5.41, 5.74) is -0.0181. The van der Waals surface area contributed by atoms with E-state index in [1.165, 1.54) is 12.1 Å². The van der Waals surface area contributed by atoms with E-state index in [0.29, 0.717) is 24.8 Å². The van der Waals surface area contributed by atoms with E-state index in [0.717, 1.165) is 12.6 Å². The topological polar surface area (TPSA) is 12.5 Å². The van der Waals surface area contributed by atoms with Gasteiger partial charge in [-0.25, -0.2) is 0 Å². The van der Waals surface area contributed by atoms with E-state index < -0.39 is 11.7 Å². The van der Waals surface area contributed by atoms with Crippen LogP contribution >= 0.6 is 0 Å². The van der Waals surface area contributed by atoms with Crippen LogP contribution in [0.4, 0.5) is 13.2 Å². The standard InChI is InChI=1S/C14H18F3NO/c1-10(2)18-6-7-19-13(9-18)11-4-3-5-12(8-11)14(15,16)17/h3-5,8,10,13H,6-7,9H2,1-2H3/t13-/m1/s1. The number of benzene rings is 1. The minimum atomic E-state index is -4.30. The minimum absolute atomic E-state index is 0.279. The molecule has 1 aliphatic rings. The second-order valence-corrected chi connectivity index (χ2v) is 5.07. The number of morpholine rings is 1. The molecule has 1 saturated heterocycles. The van der Waals surface area contributed by atoms with E-state index in [9.17, 15) is 13.2 Å². The van der Waals surface area contributed by atoms with Crippen LogP contribution in [-0.4, -0.2) is 30.6 Å². The Morgan fingerprint density at radius 3 is 2.68 bits per heavy atom. The number of alkyl halides is 3. The number of hydrogen-bond acceptors (Lipinski definition) is 2. The molecule has 1 atom stereocenters. The molecule has 1 aromatic carbocycles. The maximum Gasteiger partial charge on any atom is 0.416 e. The summed E-state index contributed by atoms with van der Waals surface area (Å²) < 4.78 is 43.7. The average molecular weight is 273 g/mol. The van der Waals surface area contributed by atoms with Crippen molar-refractivity contribution in [2.75, 3.05) is 19.7 Å². The molecule has 2 nitrogen and oxygen atoms in total. The van der Waals surface area contributed by atoms with Gasteiger partial charge >= 0.3 is 6.18 Å². The lowest BCUT2D eigenvalue weighted by molar-refractivity contribution is -0.137. The third-order valence-corrected chi connectivity index (χ3v) is 3.41. The molecule has 0 unspecified atom stereocenters. The van der Waals surface area contributed by atoms with Crippen molar-refractivity contribution in [3.05, 3.63) is 35.4 Å². The zero-order chi connectivity index (χ0) is 14.0. The Labute approximate surface area is 111 Å². The fraction of sp³-hybridized carbons (Fsp3) is 0.571. The number of hydrogen-bond donors (Lipinski definition) is 0. The van der Waals surface area contributed by atoms with Crippen LogP contribution in [0.25, 0.3) is 0 Å². The van der Waals surface area contributed by atoms with Crippen LogP contribution in [0.1, 0.15) is 31.1 Å². The van der Waals surface area contributed by atoms with E-state index >= 15 is 0 Å². The third kappa shape index (κ3) is 3.48. The normalized spacial score (nSPS) is 21.9. The van der Waals surface area contributed by atoms with E-state index in [-0.39, 0.29) is 6.10 Å². The molecule has 0 aliphatic carbocycles. The summed E-state index contributed by atoms with van der Waals surface area (Å²) in [7, 11) is 0. The predicted molar refractivity (Wildman–Crippen MR) is 66.8 cm³/mol. The quantitative estimate of drug-likeness (QED) is 0.818. The molecular weight excluding hydrogens is 255 g/mol. The summed E-state index contributed by atoms with van der Waals surface area (Å²) in [6.45, 7) is 6.17. The smallest absolute Gasteiger partial charge is 0.371 e. The molecule has 0 spiro atoms. The van der Waals surface area contributed by atoms with Crippen molar-refractivity contribution in [1.29, 1.82) is 0 Å². The lowest BCUT2D eigenvalue weighted by Crippen LogP contribution is -2.42. The molecule has 0 amide bonds. The van der Waals surface area contributed by atoms with Crippen molar-refractivity contribution < 1.29 is 17.9 Å². The van der Waals surface area contributed by atoms with Crippen molar-refractivity contribution >= 4 is 0 Å². The van der Waals surface area contributed by atoms with Crippen LogP contribution in [-0.2, 0) is 10.9 Å². The Hall–Kier alpha value is -1.07. The van der Waals surface area contributed by atoms with Gasteiger partial charge in [0, 0.05) is 19.1 Å². The third-order valence-electron chi connectivity index (χ3n) is 3.41. The molecule has 0 N–H and O–H groups in total. The van der Waals surface area contributed by atoms with Gasteiger partial charge in [-0.3, -0.25) is 4.90 Å². The zero-order valence-corrected chi connectivity index (χ0v) is 11.1. The largest absolute Gasteiger partial charge is 0.416 e. The van der Waals surface area contributed by atoms with Crippen LogP contribution in [0.15, 0.2) is 24.3 Å². The fourth-order valence-electron chi connectivity index (χ4n) is 2.26. The molecule has 2 rings (SSSR count). The molecular formula is C14H18F3NO. The first-order valence-electron chi connectivity index (χ1n) is 6.40. The molecule has 19 heavy (non-hydrogen) atoms. The highest BCUT2D eigenvalue weighted by Crippen LogP contribution is 2.32. The van der Waals surface area contributed by atoms with Crippen LogP contribution in [0.3, 0.4) is 0 Å². The molecule has 1 heterocycles. The summed E-state index contributed by atoms with van der Waals surface area (Å²) in [4.78, 5) is 2.22. The summed E-state index contributed by atoms with van der Waals surface area (Å²) in [5.74, 6) is 0. The van der Waals surface area contributed by atoms with Gasteiger partial charge in [0.1, 0.15) is 0 Å². The summed E-state index contributed by atoms with van der Waals surface area (Å²) in [6, 6.07) is 5.79. The maximum atomic E-state index is 12.7. The molecule has 5 heteroatoms. The molecule has 1 fully saturated rings. The highest BCUT2D eigenvalue weighted by molar-refractivity contribution is 5.27. The summed E-state index contributed by atoms with van der Waals surface area (Å²) >= 11 is 0. The van der Waals surface area contributed by atoms with E-state index in [2.05, 4.69) is 18.7 Å². The lowest BCUT2D eigenvalue weighted by atomic mass is 10.0. The van der Waals surface area contributed by atoms with Gasteiger partial charge in [-0.15, -0.1) is 0 Å². The van der Waals surface area contributed by atoms with Crippen LogP contribution in [0.2, 0.25) is 0 Å². The lowest BCUT2D eigenvalue weighted by Gasteiger charge is -2.35. The first-order chi connectivity index (χ1) is 8.88. The van der Waals surface area contributed by atoms with Gasteiger partial charge in [-0.1, -0.05) is 12.1 Å². The van der Waals surface area contributed by atoms with E-state index in [1.807, 2.05) is 0 Å². The number of nitrogens with zero attached hydrogens (tertiary/aromatic N) is 1. The Balaban J connectivity index is 2.17. The van der Waals surface area contributed by atoms with Gasteiger partial charge in [0.2, 0.25) is 0 Å². The van der Waals surface area contributed by atoms with Crippen molar-refractivity contribution in [2.24, 2.45) is 0 Å². The zero-order valence-electron chi connectivity index (χ0n) is 11.1. The monoisotopic (exact) mass is 273 g/mol. The van der Waals surface area contributed by atoms with Crippen LogP contribution in [0, 0.1) is 0 Å². The van der Waals surface area contributed by atoms with Gasteiger partial charge < -0.3 is 4.74 Å². The number of rotatable bonds is 2. The second kappa shape index (κ2) is 5.51. The molecule has 106 valence electrons. The molecule has 1 aromatic rings. The van der Waals surface area contributed by atoms with E-state index in [1.54, 1.807) is 6.07 Å². The van der Waals surface area contributed by atoms with E-state index in [4.69, 9.17) is 4.74 Å². The Morgan fingerprint density at radius 1 is 1.32 bits per heavy atom. The Morgan fingerprint density at radius 2 is 2.05 bits per heavy atom. The molecule has 0 saturated carbocycles. The highest BCUT2D eigenvalue weighted by atomic mass is 19.4. The summed E-state index contributed by atoms with van der Waals surface area (Å²) in [6.07, 6.45) is -4.58. The van der Waals surface area contributed by atoms with Crippen molar-refractivity contribution in [1.82, 2.24) is 4.90 Å². The van der Waals surface area contributed by atoms with Crippen molar-refractivity contribution in [3.8, 4) is 0 Å². The first-order valence-corrected chi connectivity index (χ1v) is 6.40. The minimum Gasteiger partial charge on any atom is -0.371 e. The molecule has 0 radical (unpaired) electrons. The SMILES string of the molecule is CC(C)N1CCO[C@@H](c2cccc(C(F)(F)F)c2)C1. The molecule has 0 aromatic heterocycles. The van der Waals surface area contributed by atoms with Gasteiger partial charge in [-0.2, -0.15) is 13.2 Å². The average Bonchev–Trinajstić information content (AvgIpc) is 2.38. The Kier molecular flexibility index (Phi) is 4.16. The molecule has 0 bridgehead atoms. The summed E-state index contributed by atoms with van der Waals surface area (Å²) in [5, 5.41) is 0. The van der Waals surface area contributed by atoms with Crippen LogP contribution < -0.4 is 0 Å². The second-order valence-electron chi connectivity index (χ2n) is 5.07. The maximum absolute atomic E-state index is 12.7. The van der Waals surface area contributed by atoms with Crippen molar-refractivity contribution in [2.45, 2.75) is 32.2 Å². The predicted octanol–water partition coefficient (Wildman–Crippen LogP) is 3.49. The number of halogens is 3. The van der Waals surface area contributed by atoms with Gasteiger partial charge in [-0.05, 0) is 31.5 Å². The fourth-order valence-corrected chi connectivity index (χ4v) is 2.26. The highest BCUT2D eigenvalue weighted by Gasteiger charge is 2.32. The number of ether oxygens (including phenoxy) is 1. The van der Waals surface area contributed by atoms with Crippen molar-refractivity contribution in [3.63, 3.8) is 0 Å². The van der Waals surface area contributed by atoms with Gasteiger partial charge in [0.25, 0.3) is 0 Å². The van der Waals surface area contributed by atoms with Crippen LogP contribution in [0.5, 0.6) is 0 Å². The first kappa shape index (κ1) is 14.3. The van der Waals surface area contributed by atoms with Gasteiger partial charge in [0.05, 0.1) is 18.3 Å². The Bertz CT molecular complexity index is 431. The molecule has 1 aliphatic heterocycles.